The summed E-state index contributed by atoms with van der Waals surface area (Å²) < 4.78 is 12.6. The molecule has 0 bridgehead atoms. The van der Waals surface area contributed by atoms with Crippen molar-refractivity contribution in [3.8, 4) is 0 Å². The van der Waals surface area contributed by atoms with E-state index in [1.807, 2.05) is 17.6 Å². The first kappa shape index (κ1) is 18.1. The van der Waals surface area contributed by atoms with Gasteiger partial charge in [-0.05, 0) is 19.8 Å². The third-order valence-electron chi connectivity index (χ3n) is 6.00. The number of rotatable bonds is 5. The van der Waals surface area contributed by atoms with Crippen LogP contribution in [0.4, 0.5) is 0 Å². The van der Waals surface area contributed by atoms with Gasteiger partial charge in [0.15, 0.2) is 5.58 Å². The number of carbonyl (C=O) groups excluding carboxylic acids is 2. The van der Waals surface area contributed by atoms with E-state index in [1.54, 1.807) is 24.3 Å². The van der Waals surface area contributed by atoms with E-state index < -0.39 is 5.54 Å². The predicted octanol–water partition coefficient (Wildman–Crippen LogP) is 2.54. The molecule has 7 heteroatoms. The zero-order valence-corrected chi connectivity index (χ0v) is 16.0. The van der Waals surface area contributed by atoms with Gasteiger partial charge in [0.1, 0.15) is 11.2 Å². The Balaban J connectivity index is 1.67. The van der Waals surface area contributed by atoms with Crippen LogP contribution in [0.15, 0.2) is 22.8 Å². The first-order valence-electron chi connectivity index (χ1n) is 9.73. The smallest absolute Gasteiger partial charge is 0.271 e. The number of hydrogen-bond acceptors (Lipinski definition) is 4. The molecule has 0 spiro atoms. The number of ether oxygens (including phenoxy) is 1. The second-order valence-electron chi connectivity index (χ2n) is 7.82. The third kappa shape index (κ3) is 3.04. The molecule has 1 fully saturated rings. The summed E-state index contributed by atoms with van der Waals surface area (Å²) in [7, 11) is 1.60. The highest BCUT2D eigenvalue weighted by Crippen LogP contribution is 2.33. The molecule has 0 radical (unpaired) electrons. The molecule has 4 rings (SSSR count). The normalized spacial score (nSPS) is 23.6. The molecule has 1 N–H and O–H groups in total. The fourth-order valence-electron chi connectivity index (χ4n) is 4.39. The van der Waals surface area contributed by atoms with E-state index in [1.165, 1.54) is 6.42 Å². The van der Waals surface area contributed by atoms with E-state index in [2.05, 4.69) is 5.32 Å². The minimum Gasteiger partial charge on any atom is -0.463 e. The number of aromatic nitrogens is 1. The zero-order chi connectivity index (χ0) is 19.0. The lowest BCUT2D eigenvalue weighted by Gasteiger charge is -2.44. The molecular weight excluding hydrogens is 346 g/mol. The summed E-state index contributed by atoms with van der Waals surface area (Å²) in [5, 5.41) is 3.21. The molecule has 1 atom stereocenters. The first-order chi connectivity index (χ1) is 13.0. The van der Waals surface area contributed by atoms with Crippen molar-refractivity contribution >= 4 is 22.9 Å². The van der Waals surface area contributed by atoms with Gasteiger partial charge >= 0.3 is 0 Å². The van der Waals surface area contributed by atoms with Crippen molar-refractivity contribution < 1.29 is 18.7 Å². The van der Waals surface area contributed by atoms with Crippen LogP contribution in [0.1, 0.15) is 49.5 Å². The molecule has 3 heterocycles. The summed E-state index contributed by atoms with van der Waals surface area (Å²) in [5.41, 5.74) is 1.11. The molecule has 27 heavy (non-hydrogen) atoms. The van der Waals surface area contributed by atoms with Crippen molar-refractivity contribution in [3.05, 3.63) is 24.1 Å². The van der Waals surface area contributed by atoms with Gasteiger partial charge < -0.3 is 23.9 Å². The van der Waals surface area contributed by atoms with E-state index >= 15 is 0 Å². The van der Waals surface area contributed by atoms with Gasteiger partial charge in [0, 0.05) is 31.8 Å². The van der Waals surface area contributed by atoms with Crippen molar-refractivity contribution in [3.63, 3.8) is 0 Å². The Morgan fingerprint density at radius 3 is 2.89 bits per heavy atom. The molecule has 1 saturated carbocycles. The van der Waals surface area contributed by atoms with E-state index in [9.17, 15) is 9.59 Å². The van der Waals surface area contributed by atoms with Gasteiger partial charge in [-0.15, -0.1) is 0 Å². The summed E-state index contributed by atoms with van der Waals surface area (Å²) in [6, 6.07) is 3.80. The average Bonchev–Trinajstić information content (AvgIpc) is 3.25. The quantitative estimate of drug-likeness (QED) is 0.874. The molecule has 7 nitrogen and oxygen atoms in total. The van der Waals surface area contributed by atoms with Crippen LogP contribution in [-0.4, -0.2) is 53.1 Å². The predicted molar refractivity (Wildman–Crippen MR) is 101 cm³/mol. The Hall–Kier alpha value is -2.28. The Labute approximate surface area is 158 Å². The van der Waals surface area contributed by atoms with Crippen molar-refractivity contribution in [2.75, 3.05) is 20.3 Å². The fraction of sp³-hybridized carbons (Fsp3) is 0.600. The fourth-order valence-corrected chi connectivity index (χ4v) is 4.39. The van der Waals surface area contributed by atoms with Crippen molar-refractivity contribution in [2.24, 2.45) is 0 Å². The lowest BCUT2D eigenvalue weighted by molar-refractivity contribution is -0.134. The Morgan fingerprint density at radius 2 is 2.15 bits per heavy atom. The number of furan rings is 1. The van der Waals surface area contributed by atoms with Gasteiger partial charge in [0.2, 0.25) is 5.91 Å². The standard InChI is InChI=1S/C20H27N3O4/c1-20(19(25)21-14-6-4-3-5-7-14)13-22-15-8-10-27-17(15)12-16(22)18(24)23(20)9-11-26-2/h8,10,12,14H,3-7,9,11,13H2,1-2H3,(H,21,25). The maximum atomic E-state index is 13.3. The highest BCUT2D eigenvalue weighted by Gasteiger charge is 2.48. The van der Waals surface area contributed by atoms with E-state index in [0.717, 1.165) is 31.2 Å². The molecule has 0 saturated heterocycles. The summed E-state index contributed by atoms with van der Waals surface area (Å²) in [6.45, 7) is 3.01. The lowest BCUT2D eigenvalue weighted by Crippen LogP contribution is -2.65. The summed E-state index contributed by atoms with van der Waals surface area (Å²) in [4.78, 5) is 28.2. The van der Waals surface area contributed by atoms with Gasteiger partial charge in [-0.1, -0.05) is 19.3 Å². The van der Waals surface area contributed by atoms with Gasteiger partial charge in [-0.3, -0.25) is 9.59 Å². The second kappa shape index (κ2) is 7.03. The number of nitrogens with one attached hydrogen (secondary N) is 1. The maximum absolute atomic E-state index is 13.3. The van der Waals surface area contributed by atoms with Crippen LogP contribution in [0.5, 0.6) is 0 Å². The minimum atomic E-state index is -0.969. The van der Waals surface area contributed by atoms with Crippen LogP contribution in [0.25, 0.3) is 11.1 Å². The van der Waals surface area contributed by atoms with Gasteiger partial charge in [0.25, 0.3) is 5.91 Å². The lowest BCUT2D eigenvalue weighted by atomic mass is 9.91. The summed E-state index contributed by atoms with van der Waals surface area (Å²) in [6.07, 6.45) is 7.15. The number of hydrogen-bond donors (Lipinski definition) is 1. The van der Waals surface area contributed by atoms with Crippen molar-refractivity contribution in [1.82, 2.24) is 14.8 Å². The first-order valence-corrected chi connectivity index (χ1v) is 9.73. The molecule has 0 aromatic carbocycles. The molecule has 2 aliphatic rings. The van der Waals surface area contributed by atoms with Crippen LogP contribution in [0, 0.1) is 0 Å². The number of nitrogens with zero attached hydrogens (tertiary/aromatic N) is 2. The molecule has 1 aliphatic heterocycles. The molecular formula is C20H27N3O4. The third-order valence-corrected chi connectivity index (χ3v) is 6.00. The minimum absolute atomic E-state index is 0.0881. The summed E-state index contributed by atoms with van der Waals surface area (Å²) >= 11 is 0. The van der Waals surface area contributed by atoms with E-state index in [-0.39, 0.29) is 17.9 Å². The molecule has 1 unspecified atom stereocenters. The molecule has 1 aliphatic carbocycles. The van der Waals surface area contributed by atoms with Crippen LogP contribution in [-0.2, 0) is 16.1 Å². The van der Waals surface area contributed by atoms with Gasteiger partial charge in [-0.25, -0.2) is 0 Å². The molecule has 146 valence electrons. The summed E-state index contributed by atoms with van der Waals surface area (Å²) in [5.74, 6) is -0.249. The Kier molecular flexibility index (Phi) is 4.72. The average molecular weight is 373 g/mol. The van der Waals surface area contributed by atoms with E-state index in [4.69, 9.17) is 9.15 Å². The monoisotopic (exact) mass is 373 g/mol. The Bertz CT molecular complexity index is 849. The molecule has 2 aromatic heterocycles. The molecule has 2 amide bonds. The topological polar surface area (TPSA) is 76.7 Å². The van der Waals surface area contributed by atoms with Gasteiger partial charge in [-0.2, -0.15) is 0 Å². The van der Waals surface area contributed by atoms with E-state index in [0.29, 0.717) is 31.0 Å². The largest absolute Gasteiger partial charge is 0.463 e. The maximum Gasteiger partial charge on any atom is 0.271 e. The van der Waals surface area contributed by atoms with Crippen LogP contribution in [0.3, 0.4) is 0 Å². The molecule has 2 aromatic rings. The number of methoxy groups -OCH3 is 1. The Morgan fingerprint density at radius 1 is 1.37 bits per heavy atom. The number of fused-ring (bicyclic) bond motifs is 3. The van der Waals surface area contributed by atoms with Crippen LogP contribution >= 0.6 is 0 Å². The second-order valence-corrected chi connectivity index (χ2v) is 7.82. The van der Waals surface area contributed by atoms with Gasteiger partial charge in [0.05, 0.1) is 24.9 Å². The highest BCUT2D eigenvalue weighted by molar-refractivity contribution is 6.02. The highest BCUT2D eigenvalue weighted by atomic mass is 16.5. The SMILES string of the molecule is COCCN1C(=O)c2cc3occc3n2CC1(C)C(=O)NC1CCCCC1. The number of carbonyl (C=O) groups is 2. The van der Waals surface area contributed by atoms with Crippen LogP contribution < -0.4 is 5.32 Å². The van der Waals surface area contributed by atoms with Crippen molar-refractivity contribution in [1.29, 1.82) is 0 Å². The van der Waals surface area contributed by atoms with Crippen molar-refractivity contribution in [2.45, 2.75) is 57.2 Å². The number of amides is 2. The zero-order valence-electron chi connectivity index (χ0n) is 16.0. The van der Waals surface area contributed by atoms with Crippen LogP contribution in [0.2, 0.25) is 0 Å².